The Morgan fingerprint density at radius 1 is 1.35 bits per heavy atom. The second-order valence-corrected chi connectivity index (χ2v) is 6.30. The average Bonchev–Trinajstić information content (AvgIpc) is 2.49. The lowest BCUT2D eigenvalue weighted by Crippen LogP contribution is -2.15. The molecular formula is C13H10ClFN2O5S. The van der Waals surface area contributed by atoms with E-state index in [9.17, 15) is 17.6 Å². The minimum Gasteiger partial charge on any atom is -0.478 e. The number of carboxylic acid groups (broad SMARTS) is 1. The largest absolute Gasteiger partial charge is 0.478 e. The Bertz CT molecular complexity index is 844. The molecular weight excluding hydrogens is 351 g/mol. The molecule has 23 heavy (non-hydrogen) atoms. The maximum atomic E-state index is 12.4. The summed E-state index contributed by atoms with van der Waals surface area (Å²) in [7, 11) is -4.19. The molecule has 2 N–H and O–H groups in total. The highest BCUT2D eigenvalue weighted by atomic mass is 35.5. The van der Waals surface area contributed by atoms with E-state index in [4.69, 9.17) is 16.7 Å². The van der Waals surface area contributed by atoms with Crippen LogP contribution >= 0.6 is 11.6 Å². The van der Waals surface area contributed by atoms with Gasteiger partial charge in [-0.05, 0) is 24.3 Å². The van der Waals surface area contributed by atoms with Crippen LogP contribution in [0.15, 0.2) is 41.6 Å². The third kappa shape index (κ3) is 4.08. The molecule has 0 amide bonds. The molecule has 0 aliphatic rings. The summed E-state index contributed by atoms with van der Waals surface area (Å²) in [5.74, 6) is -1.49. The van der Waals surface area contributed by atoms with E-state index in [0.717, 1.165) is 24.5 Å². The fourth-order valence-corrected chi connectivity index (χ4v) is 3.14. The number of aromatic carboxylic acids is 1. The van der Waals surface area contributed by atoms with E-state index in [2.05, 4.69) is 14.4 Å². The van der Waals surface area contributed by atoms with Crippen molar-refractivity contribution in [3.63, 3.8) is 0 Å². The van der Waals surface area contributed by atoms with Gasteiger partial charge in [0.2, 0.25) is 6.86 Å². The molecule has 10 heteroatoms. The number of hydrogen-bond donors (Lipinski definition) is 2. The molecule has 2 rings (SSSR count). The van der Waals surface area contributed by atoms with Crippen molar-refractivity contribution >= 4 is 33.3 Å². The summed E-state index contributed by atoms with van der Waals surface area (Å²) < 4.78 is 43.9. The molecule has 1 heterocycles. The standard InChI is InChI=1S/C13H10ClFN2O5S/c14-9-1-2-11(22-7-15)12(4-9)23(20,21)17-10-3-8(13(18)19)5-16-6-10/h1-6,17H,7H2,(H,18,19). The molecule has 0 aliphatic carbocycles. The summed E-state index contributed by atoms with van der Waals surface area (Å²) in [6.45, 7) is -1.22. The summed E-state index contributed by atoms with van der Waals surface area (Å²) in [6, 6.07) is 4.73. The van der Waals surface area contributed by atoms with Gasteiger partial charge in [0, 0.05) is 11.2 Å². The van der Waals surface area contributed by atoms with Gasteiger partial charge in [-0.1, -0.05) is 11.6 Å². The molecule has 0 aliphatic heterocycles. The summed E-state index contributed by atoms with van der Waals surface area (Å²) in [5.41, 5.74) is -0.271. The van der Waals surface area contributed by atoms with Crippen LogP contribution in [0.2, 0.25) is 5.02 Å². The topological polar surface area (TPSA) is 106 Å². The van der Waals surface area contributed by atoms with Gasteiger partial charge in [0.05, 0.1) is 17.4 Å². The van der Waals surface area contributed by atoms with Crippen LogP contribution in [0.5, 0.6) is 5.75 Å². The number of halogens is 2. The lowest BCUT2D eigenvalue weighted by Gasteiger charge is -2.12. The minimum absolute atomic E-state index is 0.0731. The van der Waals surface area contributed by atoms with Crippen molar-refractivity contribution in [3.05, 3.63) is 47.2 Å². The van der Waals surface area contributed by atoms with Crippen molar-refractivity contribution in [2.24, 2.45) is 0 Å². The van der Waals surface area contributed by atoms with Gasteiger partial charge in [-0.15, -0.1) is 0 Å². The maximum Gasteiger partial charge on any atom is 0.337 e. The molecule has 0 unspecified atom stereocenters. The summed E-state index contributed by atoms with van der Waals surface area (Å²) >= 11 is 5.76. The Morgan fingerprint density at radius 3 is 2.74 bits per heavy atom. The second-order valence-electron chi connectivity index (χ2n) is 4.22. The van der Waals surface area contributed by atoms with Crippen molar-refractivity contribution in [1.82, 2.24) is 4.98 Å². The average molecular weight is 361 g/mol. The van der Waals surface area contributed by atoms with E-state index in [1.165, 1.54) is 12.1 Å². The number of ether oxygens (including phenoxy) is 1. The van der Waals surface area contributed by atoms with Crippen molar-refractivity contribution in [3.8, 4) is 5.75 Å². The van der Waals surface area contributed by atoms with E-state index in [-0.39, 0.29) is 26.9 Å². The molecule has 0 bridgehead atoms. The molecule has 2 aromatic rings. The number of sulfonamides is 1. The first kappa shape index (κ1) is 17.0. The predicted molar refractivity (Wildman–Crippen MR) is 80.1 cm³/mol. The summed E-state index contributed by atoms with van der Waals surface area (Å²) in [4.78, 5) is 14.1. The Hall–Kier alpha value is -2.39. The molecule has 1 aromatic carbocycles. The van der Waals surface area contributed by atoms with Gasteiger partial charge in [-0.3, -0.25) is 9.71 Å². The van der Waals surface area contributed by atoms with Crippen LogP contribution < -0.4 is 9.46 Å². The van der Waals surface area contributed by atoms with E-state index in [0.29, 0.717) is 0 Å². The van der Waals surface area contributed by atoms with Crippen molar-refractivity contribution in [1.29, 1.82) is 0 Å². The zero-order valence-electron chi connectivity index (χ0n) is 11.4. The highest BCUT2D eigenvalue weighted by molar-refractivity contribution is 7.92. The van der Waals surface area contributed by atoms with Crippen LogP contribution in [0.25, 0.3) is 0 Å². The van der Waals surface area contributed by atoms with E-state index in [1.54, 1.807) is 0 Å². The molecule has 0 saturated carbocycles. The van der Waals surface area contributed by atoms with Crippen molar-refractivity contribution in [2.45, 2.75) is 4.90 Å². The number of rotatable bonds is 6. The van der Waals surface area contributed by atoms with Gasteiger partial charge in [0.1, 0.15) is 10.6 Å². The van der Waals surface area contributed by atoms with Gasteiger partial charge in [-0.25, -0.2) is 17.6 Å². The van der Waals surface area contributed by atoms with E-state index < -0.39 is 22.9 Å². The van der Waals surface area contributed by atoms with Gasteiger partial charge < -0.3 is 9.84 Å². The molecule has 122 valence electrons. The smallest absolute Gasteiger partial charge is 0.337 e. The molecule has 0 saturated heterocycles. The number of hydrogen-bond acceptors (Lipinski definition) is 5. The number of nitrogens with zero attached hydrogens (tertiary/aromatic N) is 1. The fraction of sp³-hybridized carbons (Fsp3) is 0.0769. The van der Waals surface area contributed by atoms with Crippen LogP contribution in [-0.2, 0) is 10.0 Å². The number of pyridine rings is 1. The first-order valence-corrected chi connectivity index (χ1v) is 7.89. The molecule has 0 fully saturated rings. The predicted octanol–water partition coefficient (Wildman–Crippen LogP) is 2.54. The third-order valence-corrected chi connectivity index (χ3v) is 4.28. The highest BCUT2D eigenvalue weighted by Gasteiger charge is 2.21. The van der Waals surface area contributed by atoms with Crippen LogP contribution in [-0.4, -0.2) is 31.3 Å². The van der Waals surface area contributed by atoms with Crippen LogP contribution in [0.1, 0.15) is 10.4 Å². The normalized spacial score (nSPS) is 11.0. The molecule has 0 spiro atoms. The molecule has 7 nitrogen and oxygen atoms in total. The number of aromatic nitrogens is 1. The van der Waals surface area contributed by atoms with E-state index >= 15 is 0 Å². The zero-order valence-corrected chi connectivity index (χ0v) is 12.9. The van der Waals surface area contributed by atoms with Crippen LogP contribution in [0.4, 0.5) is 10.1 Å². The number of carboxylic acids is 1. The number of benzene rings is 1. The Kier molecular flexibility index (Phi) is 5.02. The van der Waals surface area contributed by atoms with Crippen LogP contribution in [0.3, 0.4) is 0 Å². The first-order valence-electron chi connectivity index (χ1n) is 6.03. The van der Waals surface area contributed by atoms with Gasteiger partial charge in [0.15, 0.2) is 0 Å². The van der Waals surface area contributed by atoms with Crippen molar-refractivity contribution < 1.29 is 27.4 Å². The quantitative estimate of drug-likeness (QED) is 0.820. The maximum absolute atomic E-state index is 12.4. The lowest BCUT2D eigenvalue weighted by atomic mass is 10.3. The molecule has 0 radical (unpaired) electrons. The molecule has 0 atom stereocenters. The second kappa shape index (κ2) is 6.80. The first-order chi connectivity index (χ1) is 10.8. The third-order valence-electron chi connectivity index (χ3n) is 2.64. The van der Waals surface area contributed by atoms with Gasteiger partial charge in [0.25, 0.3) is 10.0 Å². The lowest BCUT2D eigenvalue weighted by molar-refractivity contribution is 0.0696. The van der Waals surface area contributed by atoms with Crippen LogP contribution in [0, 0.1) is 0 Å². The minimum atomic E-state index is -4.19. The summed E-state index contributed by atoms with van der Waals surface area (Å²) in [6.07, 6.45) is 2.20. The number of anilines is 1. The fourth-order valence-electron chi connectivity index (χ4n) is 1.69. The highest BCUT2D eigenvalue weighted by Crippen LogP contribution is 2.29. The SMILES string of the molecule is O=C(O)c1cncc(NS(=O)(=O)c2cc(Cl)ccc2OCF)c1. The van der Waals surface area contributed by atoms with Crippen molar-refractivity contribution in [2.75, 3.05) is 11.6 Å². The number of carbonyl (C=O) groups is 1. The Labute approximate surface area is 135 Å². The van der Waals surface area contributed by atoms with Gasteiger partial charge >= 0.3 is 5.97 Å². The van der Waals surface area contributed by atoms with E-state index in [1.807, 2.05) is 0 Å². The molecule has 1 aromatic heterocycles. The zero-order chi connectivity index (χ0) is 17.0. The number of nitrogens with one attached hydrogen (secondary N) is 1. The monoisotopic (exact) mass is 360 g/mol. The number of alkyl halides is 1. The Balaban J connectivity index is 2.41. The summed E-state index contributed by atoms with van der Waals surface area (Å²) in [5, 5.41) is 8.98. The van der Waals surface area contributed by atoms with Gasteiger partial charge in [-0.2, -0.15) is 0 Å². The Morgan fingerprint density at radius 2 is 2.09 bits per heavy atom.